The number of hydrogen-bond donors (Lipinski definition) is 1. The summed E-state index contributed by atoms with van der Waals surface area (Å²) in [5.74, 6) is 0.385. The van der Waals surface area contributed by atoms with Crippen LogP contribution in [-0.4, -0.2) is 21.0 Å². The maximum absolute atomic E-state index is 11.0. The van der Waals surface area contributed by atoms with E-state index in [2.05, 4.69) is 16.0 Å². The molecule has 1 aromatic heterocycles. The van der Waals surface area contributed by atoms with Gasteiger partial charge >= 0.3 is 5.97 Å². The molecular weight excluding hydrogens is 240 g/mol. The van der Waals surface area contributed by atoms with Crippen molar-refractivity contribution in [1.29, 1.82) is 0 Å². The second-order valence-corrected chi connectivity index (χ2v) is 6.19. The van der Waals surface area contributed by atoms with Crippen molar-refractivity contribution in [3.05, 3.63) is 23.3 Å². The first-order valence-electron chi connectivity index (χ1n) is 6.96. The summed E-state index contributed by atoms with van der Waals surface area (Å²) in [5.41, 5.74) is 1.51. The molecule has 2 rings (SSSR count). The summed E-state index contributed by atoms with van der Waals surface area (Å²) in [6.07, 6.45) is 4.97. The fraction of sp³-hybridized carbons (Fsp3) is 0.667. The number of carbonyl (C=O) groups is 1. The van der Waals surface area contributed by atoms with Crippen molar-refractivity contribution in [1.82, 2.24) is 9.97 Å². The first kappa shape index (κ1) is 14.0. The smallest absolute Gasteiger partial charge is 0.304 e. The number of aliphatic carboxylic acids is 1. The number of carboxylic acid groups (broad SMARTS) is 1. The highest BCUT2D eigenvalue weighted by atomic mass is 16.4. The van der Waals surface area contributed by atoms with Gasteiger partial charge in [-0.05, 0) is 25.8 Å². The Morgan fingerprint density at radius 3 is 2.58 bits per heavy atom. The van der Waals surface area contributed by atoms with Crippen molar-refractivity contribution >= 4 is 5.97 Å². The zero-order chi connectivity index (χ0) is 14.0. The summed E-state index contributed by atoms with van der Waals surface area (Å²) in [6.45, 7) is 5.75. The molecular formula is C15H22N2O2. The predicted molar refractivity (Wildman–Crippen MR) is 73.3 cm³/mol. The van der Waals surface area contributed by atoms with Crippen LogP contribution in [-0.2, 0) is 10.2 Å². The minimum atomic E-state index is -0.808. The van der Waals surface area contributed by atoms with Gasteiger partial charge in [0.2, 0.25) is 0 Å². The lowest BCUT2D eigenvalue weighted by atomic mass is 9.88. The predicted octanol–water partition coefficient (Wildman–Crippen LogP) is 3.19. The van der Waals surface area contributed by atoms with Gasteiger partial charge in [0.25, 0.3) is 0 Å². The normalized spacial score (nSPS) is 16.8. The lowest BCUT2D eigenvalue weighted by molar-refractivity contribution is -0.138. The molecule has 104 valence electrons. The molecule has 0 spiro atoms. The van der Waals surface area contributed by atoms with Crippen molar-refractivity contribution in [3.8, 4) is 0 Å². The van der Waals surface area contributed by atoms with Gasteiger partial charge in [0.05, 0.1) is 6.42 Å². The quantitative estimate of drug-likeness (QED) is 0.905. The summed E-state index contributed by atoms with van der Waals surface area (Å²) < 4.78 is 0. The van der Waals surface area contributed by atoms with Crippen LogP contribution >= 0.6 is 0 Å². The van der Waals surface area contributed by atoms with Crippen LogP contribution in [0.25, 0.3) is 0 Å². The molecule has 0 bridgehead atoms. The number of rotatable bonds is 4. The number of aromatic nitrogens is 2. The molecule has 0 aliphatic heterocycles. The standard InChI is InChI=1S/C15H22N2O2/c1-10-8-12(11-6-4-5-7-11)17-14(16-10)15(2,3)9-13(18)19/h8,11H,4-7,9H2,1-3H3,(H,18,19). The van der Waals surface area contributed by atoms with Crippen molar-refractivity contribution in [3.63, 3.8) is 0 Å². The maximum Gasteiger partial charge on any atom is 0.304 e. The molecule has 1 aliphatic carbocycles. The second-order valence-electron chi connectivity index (χ2n) is 6.19. The first-order chi connectivity index (χ1) is 8.88. The van der Waals surface area contributed by atoms with Crippen LogP contribution in [0.3, 0.4) is 0 Å². The molecule has 0 atom stereocenters. The van der Waals surface area contributed by atoms with E-state index in [1.807, 2.05) is 20.8 Å². The van der Waals surface area contributed by atoms with Gasteiger partial charge in [-0.2, -0.15) is 0 Å². The SMILES string of the molecule is Cc1cc(C2CCCC2)nc(C(C)(C)CC(=O)O)n1. The van der Waals surface area contributed by atoms with Crippen LogP contribution in [0.2, 0.25) is 0 Å². The molecule has 1 saturated carbocycles. The average molecular weight is 262 g/mol. The van der Waals surface area contributed by atoms with Crippen LogP contribution in [0, 0.1) is 6.92 Å². The van der Waals surface area contributed by atoms with Crippen molar-refractivity contribution in [2.45, 2.75) is 64.2 Å². The molecule has 1 aromatic rings. The Bertz CT molecular complexity index is 477. The summed E-state index contributed by atoms with van der Waals surface area (Å²) in [5, 5.41) is 9.00. The van der Waals surface area contributed by atoms with E-state index in [9.17, 15) is 4.79 Å². The number of carboxylic acids is 1. The van der Waals surface area contributed by atoms with Gasteiger partial charge in [0.1, 0.15) is 5.82 Å². The molecule has 1 fully saturated rings. The zero-order valence-electron chi connectivity index (χ0n) is 11.9. The van der Waals surface area contributed by atoms with Gasteiger partial charge in [-0.1, -0.05) is 26.7 Å². The third kappa shape index (κ3) is 3.31. The van der Waals surface area contributed by atoms with Gasteiger partial charge in [-0.25, -0.2) is 9.97 Å². The zero-order valence-corrected chi connectivity index (χ0v) is 11.9. The summed E-state index contributed by atoms with van der Waals surface area (Å²) >= 11 is 0. The van der Waals surface area contributed by atoms with Crippen molar-refractivity contribution < 1.29 is 9.90 Å². The molecule has 1 aliphatic rings. The molecule has 1 N–H and O–H groups in total. The lowest BCUT2D eigenvalue weighted by Gasteiger charge is -2.22. The van der Waals surface area contributed by atoms with E-state index >= 15 is 0 Å². The Kier molecular flexibility index (Phi) is 3.88. The minimum Gasteiger partial charge on any atom is -0.481 e. The van der Waals surface area contributed by atoms with E-state index in [1.54, 1.807) is 0 Å². The van der Waals surface area contributed by atoms with Crippen LogP contribution in [0.5, 0.6) is 0 Å². The molecule has 1 heterocycles. The maximum atomic E-state index is 11.0. The lowest BCUT2D eigenvalue weighted by Crippen LogP contribution is -2.25. The molecule has 19 heavy (non-hydrogen) atoms. The largest absolute Gasteiger partial charge is 0.481 e. The number of hydrogen-bond acceptors (Lipinski definition) is 3. The second kappa shape index (κ2) is 5.27. The summed E-state index contributed by atoms with van der Waals surface area (Å²) in [4.78, 5) is 20.1. The van der Waals surface area contributed by atoms with E-state index in [4.69, 9.17) is 5.11 Å². The van der Waals surface area contributed by atoms with Gasteiger partial charge < -0.3 is 5.11 Å². The molecule has 4 nitrogen and oxygen atoms in total. The highest BCUT2D eigenvalue weighted by Crippen LogP contribution is 2.34. The van der Waals surface area contributed by atoms with Crippen molar-refractivity contribution in [2.24, 2.45) is 0 Å². The summed E-state index contributed by atoms with van der Waals surface area (Å²) in [7, 11) is 0. The van der Waals surface area contributed by atoms with E-state index < -0.39 is 11.4 Å². The topological polar surface area (TPSA) is 63.1 Å². The fourth-order valence-electron chi connectivity index (χ4n) is 2.78. The van der Waals surface area contributed by atoms with Crippen LogP contribution in [0.1, 0.15) is 69.1 Å². The highest BCUT2D eigenvalue weighted by molar-refractivity contribution is 5.68. The van der Waals surface area contributed by atoms with E-state index in [0.29, 0.717) is 11.7 Å². The Morgan fingerprint density at radius 2 is 2.00 bits per heavy atom. The van der Waals surface area contributed by atoms with Gasteiger partial charge in [0, 0.05) is 22.7 Å². The first-order valence-corrected chi connectivity index (χ1v) is 6.96. The van der Waals surface area contributed by atoms with Gasteiger partial charge in [0.15, 0.2) is 0 Å². The Balaban J connectivity index is 2.32. The molecule has 0 radical (unpaired) electrons. The Morgan fingerprint density at radius 1 is 1.37 bits per heavy atom. The summed E-state index contributed by atoms with van der Waals surface area (Å²) in [6, 6.07) is 2.05. The average Bonchev–Trinajstić information content (AvgIpc) is 2.79. The molecule has 0 amide bonds. The van der Waals surface area contributed by atoms with Crippen LogP contribution < -0.4 is 0 Å². The van der Waals surface area contributed by atoms with E-state index in [-0.39, 0.29) is 6.42 Å². The molecule has 0 aromatic carbocycles. The minimum absolute atomic E-state index is 0.0561. The van der Waals surface area contributed by atoms with Crippen LogP contribution in [0.4, 0.5) is 0 Å². The third-order valence-electron chi connectivity index (χ3n) is 3.85. The third-order valence-corrected chi connectivity index (χ3v) is 3.85. The van der Waals surface area contributed by atoms with Crippen molar-refractivity contribution in [2.75, 3.05) is 0 Å². The molecule has 0 saturated heterocycles. The fourth-order valence-corrected chi connectivity index (χ4v) is 2.78. The molecule has 4 heteroatoms. The molecule has 0 unspecified atom stereocenters. The monoisotopic (exact) mass is 262 g/mol. The van der Waals surface area contributed by atoms with Gasteiger partial charge in [-0.3, -0.25) is 4.79 Å². The highest BCUT2D eigenvalue weighted by Gasteiger charge is 2.29. The van der Waals surface area contributed by atoms with E-state index in [0.717, 1.165) is 11.4 Å². The Labute approximate surface area is 114 Å². The Hall–Kier alpha value is -1.45. The van der Waals surface area contributed by atoms with E-state index in [1.165, 1.54) is 25.7 Å². The number of nitrogens with zero attached hydrogens (tertiary/aromatic N) is 2. The van der Waals surface area contributed by atoms with Crippen LogP contribution in [0.15, 0.2) is 6.07 Å². The van der Waals surface area contributed by atoms with Gasteiger partial charge in [-0.15, -0.1) is 0 Å². The number of aryl methyl sites for hydroxylation is 1.